The van der Waals surface area contributed by atoms with Crippen LogP contribution in [0.5, 0.6) is 0 Å². The van der Waals surface area contributed by atoms with E-state index in [1.54, 1.807) is 18.2 Å². The van der Waals surface area contributed by atoms with Crippen molar-refractivity contribution in [1.29, 1.82) is 0 Å². The highest BCUT2D eigenvalue weighted by atomic mass is 19.1. The number of aromatic nitrogens is 1. The van der Waals surface area contributed by atoms with Gasteiger partial charge in [0, 0.05) is 17.6 Å². The van der Waals surface area contributed by atoms with E-state index in [0.717, 1.165) is 0 Å². The topological polar surface area (TPSA) is 51.1 Å². The Morgan fingerprint density at radius 2 is 1.88 bits per heavy atom. The summed E-state index contributed by atoms with van der Waals surface area (Å²) >= 11 is 0. The lowest BCUT2D eigenvalue weighted by Gasteiger charge is -2.14. The number of fused-ring (bicyclic) bond motifs is 1. The molecule has 1 amide bonds. The number of nitrogens with one attached hydrogen (secondary N) is 1. The maximum Gasteiger partial charge on any atom is 0.272 e. The summed E-state index contributed by atoms with van der Waals surface area (Å²) < 4.78 is 14.9. The van der Waals surface area contributed by atoms with Gasteiger partial charge in [0.15, 0.2) is 0 Å². The van der Waals surface area contributed by atoms with Crippen molar-refractivity contribution in [1.82, 2.24) is 4.57 Å². The quantitative estimate of drug-likeness (QED) is 0.793. The normalized spacial score (nSPS) is 10.8. The third-order valence-corrected chi connectivity index (χ3v) is 3.78. The lowest BCUT2D eigenvalue weighted by molar-refractivity contribution is 0.101. The fourth-order valence-corrected chi connectivity index (χ4v) is 2.68. The number of halogens is 1. The summed E-state index contributed by atoms with van der Waals surface area (Å²) in [5, 5.41) is 3.60. The number of pyridine rings is 1. The van der Waals surface area contributed by atoms with E-state index in [-0.39, 0.29) is 11.3 Å². The highest BCUT2D eigenvalue weighted by Crippen LogP contribution is 2.16. The molecule has 5 heteroatoms. The van der Waals surface area contributed by atoms with E-state index in [1.807, 2.05) is 25.1 Å². The number of benzene rings is 2. The molecule has 0 saturated heterocycles. The van der Waals surface area contributed by atoms with E-state index in [4.69, 9.17) is 0 Å². The summed E-state index contributed by atoms with van der Waals surface area (Å²) in [7, 11) is 0. The standard InChI is InChI=1S/C19H17FN2O2/c1-2-10-22-17(18(23)21-15-6-4-3-5-7-15)12-13-11-14(20)8-9-16(13)19(22)24/h3-9,11-12H,2,10H2,1H3,(H,21,23). The molecule has 0 unspecified atom stereocenters. The summed E-state index contributed by atoms with van der Waals surface area (Å²) in [6.07, 6.45) is 0.707. The van der Waals surface area contributed by atoms with Gasteiger partial charge in [-0.3, -0.25) is 9.59 Å². The van der Waals surface area contributed by atoms with Crippen molar-refractivity contribution in [3.8, 4) is 0 Å². The van der Waals surface area contributed by atoms with Gasteiger partial charge in [0.1, 0.15) is 11.5 Å². The molecule has 0 atom stereocenters. The lowest BCUT2D eigenvalue weighted by Crippen LogP contribution is -2.28. The van der Waals surface area contributed by atoms with Crippen molar-refractivity contribution < 1.29 is 9.18 Å². The predicted octanol–water partition coefficient (Wildman–Crippen LogP) is 3.80. The second kappa shape index (κ2) is 6.66. The van der Waals surface area contributed by atoms with Gasteiger partial charge >= 0.3 is 0 Å². The minimum Gasteiger partial charge on any atom is -0.321 e. The molecule has 0 aliphatic carbocycles. The number of anilines is 1. The molecule has 1 heterocycles. The van der Waals surface area contributed by atoms with Crippen LogP contribution >= 0.6 is 0 Å². The smallest absolute Gasteiger partial charge is 0.272 e. The van der Waals surface area contributed by atoms with E-state index in [0.29, 0.717) is 29.4 Å². The van der Waals surface area contributed by atoms with Crippen LogP contribution < -0.4 is 10.9 Å². The van der Waals surface area contributed by atoms with Crippen LogP contribution in [-0.4, -0.2) is 10.5 Å². The Kier molecular flexibility index (Phi) is 4.42. The fraction of sp³-hybridized carbons (Fsp3) is 0.158. The first-order valence-electron chi connectivity index (χ1n) is 7.79. The number of hydrogen-bond donors (Lipinski definition) is 1. The minimum atomic E-state index is -0.440. The highest BCUT2D eigenvalue weighted by molar-refractivity contribution is 6.05. The Labute approximate surface area is 138 Å². The summed E-state index contributed by atoms with van der Waals surface area (Å²) in [4.78, 5) is 25.3. The van der Waals surface area contributed by atoms with Gasteiger partial charge in [-0.1, -0.05) is 25.1 Å². The Balaban J connectivity index is 2.12. The molecule has 0 saturated carbocycles. The Hall–Kier alpha value is -2.95. The first kappa shape index (κ1) is 15.9. The van der Waals surface area contributed by atoms with Crippen molar-refractivity contribution in [3.63, 3.8) is 0 Å². The zero-order valence-electron chi connectivity index (χ0n) is 13.3. The summed E-state index contributed by atoms with van der Waals surface area (Å²) in [5.74, 6) is -0.831. The maximum atomic E-state index is 13.5. The largest absolute Gasteiger partial charge is 0.321 e. The van der Waals surface area contributed by atoms with Crippen LogP contribution in [0.3, 0.4) is 0 Å². The molecule has 122 valence electrons. The monoisotopic (exact) mass is 324 g/mol. The van der Waals surface area contributed by atoms with E-state index in [9.17, 15) is 14.0 Å². The van der Waals surface area contributed by atoms with Gasteiger partial charge in [0.25, 0.3) is 11.5 Å². The average molecular weight is 324 g/mol. The number of carbonyl (C=O) groups excluding carboxylic acids is 1. The zero-order chi connectivity index (χ0) is 17.1. The van der Waals surface area contributed by atoms with Crippen LogP contribution in [-0.2, 0) is 6.54 Å². The highest BCUT2D eigenvalue weighted by Gasteiger charge is 2.15. The number of carbonyl (C=O) groups is 1. The predicted molar refractivity (Wildman–Crippen MR) is 92.9 cm³/mol. The van der Waals surface area contributed by atoms with Crippen LogP contribution in [0.2, 0.25) is 0 Å². The van der Waals surface area contributed by atoms with Crippen molar-refractivity contribution in [2.45, 2.75) is 19.9 Å². The van der Waals surface area contributed by atoms with Gasteiger partial charge in [-0.05, 0) is 48.2 Å². The van der Waals surface area contributed by atoms with Crippen molar-refractivity contribution >= 4 is 22.4 Å². The van der Waals surface area contributed by atoms with Crippen molar-refractivity contribution in [2.24, 2.45) is 0 Å². The van der Waals surface area contributed by atoms with Crippen molar-refractivity contribution in [3.05, 3.63) is 76.5 Å². The van der Waals surface area contributed by atoms with E-state index in [2.05, 4.69) is 5.32 Å². The molecule has 0 bridgehead atoms. The molecule has 0 aliphatic heterocycles. The number of amides is 1. The molecule has 3 rings (SSSR count). The first-order chi connectivity index (χ1) is 11.6. The number of hydrogen-bond acceptors (Lipinski definition) is 2. The lowest BCUT2D eigenvalue weighted by atomic mass is 10.1. The molecule has 0 radical (unpaired) electrons. The van der Waals surface area contributed by atoms with Crippen molar-refractivity contribution in [2.75, 3.05) is 5.32 Å². The van der Waals surface area contributed by atoms with Crippen LogP contribution in [0, 0.1) is 5.82 Å². The van der Waals surface area contributed by atoms with E-state index in [1.165, 1.54) is 22.8 Å². The van der Waals surface area contributed by atoms with Gasteiger partial charge in [0.2, 0.25) is 0 Å². The molecule has 2 aromatic carbocycles. The Morgan fingerprint density at radius 1 is 1.12 bits per heavy atom. The van der Waals surface area contributed by atoms with Gasteiger partial charge in [-0.15, -0.1) is 0 Å². The molecule has 24 heavy (non-hydrogen) atoms. The summed E-state index contributed by atoms with van der Waals surface area (Å²) in [5.41, 5.74) is 0.578. The number of rotatable bonds is 4. The average Bonchev–Trinajstić information content (AvgIpc) is 2.58. The second-order valence-corrected chi connectivity index (χ2v) is 5.54. The zero-order valence-corrected chi connectivity index (χ0v) is 13.3. The van der Waals surface area contributed by atoms with Gasteiger partial charge in [-0.2, -0.15) is 0 Å². The van der Waals surface area contributed by atoms with Crippen LogP contribution in [0.1, 0.15) is 23.8 Å². The van der Waals surface area contributed by atoms with Crippen LogP contribution in [0.15, 0.2) is 59.4 Å². The fourth-order valence-electron chi connectivity index (χ4n) is 2.68. The third-order valence-electron chi connectivity index (χ3n) is 3.78. The van der Waals surface area contributed by atoms with Gasteiger partial charge in [0.05, 0.1) is 0 Å². The number of para-hydroxylation sites is 1. The Bertz CT molecular complexity index is 949. The Morgan fingerprint density at radius 3 is 2.58 bits per heavy atom. The molecule has 3 aromatic rings. The van der Waals surface area contributed by atoms with Gasteiger partial charge < -0.3 is 9.88 Å². The van der Waals surface area contributed by atoms with E-state index >= 15 is 0 Å². The molecule has 1 aromatic heterocycles. The SMILES string of the molecule is CCCn1c(C(=O)Nc2ccccc2)cc2cc(F)ccc2c1=O. The molecule has 0 aliphatic rings. The molecule has 4 nitrogen and oxygen atoms in total. The molecule has 0 fully saturated rings. The molecular weight excluding hydrogens is 307 g/mol. The third kappa shape index (κ3) is 3.06. The first-order valence-corrected chi connectivity index (χ1v) is 7.79. The van der Waals surface area contributed by atoms with E-state index < -0.39 is 11.7 Å². The summed E-state index contributed by atoms with van der Waals surface area (Å²) in [6.45, 7) is 2.35. The molecule has 1 N–H and O–H groups in total. The van der Waals surface area contributed by atoms with Crippen LogP contribution in [0.25, 0.3) is 10.8 Å². The number of nitrogens with zero attached hydrogens (tertiary/aromatic N) is 1. The summed E-state index contributed by atoms with van der Waals surface area (Å²) in [6, 6.07) is 14.5. The maximum absolute atomic E-state index is 13.5. The second-order valence-electron chi connectivity index (χ2n) is 5.54. The minimum absolute atomic E-state index is 0.226. The van der Waals surface area contributed by atoms with Crippen LogP contribution in [0.4, 0.5) is 10.1 Å². The van der Waals surface area contributed by atoms with Gasteiger partial charge in [-0.25, -0.2) is 4.39 Å². The molecule has 0 spiro atoms. The molecular formula is C19H17FN2O2.